The number of aromatic amines is 1. The highest BCUT2D eigenvalue weighted by Gasteiger charge is 2.16. The van der Waals surface area contributed by atoms with Gasteiger partial charge in [-0.3, -0.25) is 4.79 Å². The average Bonchev–Trinajstić information content (AvgIpc) is 2.83. The Kier molecular flexibility index (Phi) is 4.27. The summed E-state index contributed by atoms with van der Waals surface area (Å²) in [5, 5.41) is 12.9. The molecule has 0 saturated carbocycles. The van der Waals surface area contributed by atoms with Crippen LogP contribution < -0.4 is 5.32 Å². The first-order valence-electron chi connectivity index (χ1n) is 6.22. The number of rotatable bonds is 4. The number of halogens is 1. The maximum atomic E-state index is 12.1. The molecule has 0 saturated heterocycles. The van der Waals surface area contributed by atoms with Crippen LogP contribution in [0.25, 0.3) is 10.9 Å². The molecule has 0 aliphatic rings. The molecule has 1 aromatic heterocycles. The minimum absolute atomic E-state index is 0.0278. The molecular formula is C14H17BrN2O2. The Morgan fingerprint density at radius 3 is 2.84 bits per heavy atom. The van der Waals surface area contributed by atoms with Gasteiger partial charge in [-0.25, -0.2) is 0 Å². The van der Waals surface area contributed by atoms with Crippen LogP contribution in [0.4, 0.5) is 0 Å². The van der Waals surface area contributed by atoms with Crippen LogP contribution in [0.1, 0.15) is 24.3 Å². The molecule has 1 aromatic carbocycles. The molecule has 19 heavy (non-hydrogen) atoms. The summed E-state index contributed by atoms with van der Waals surface area (Å²) in [5.41, 5.74) is 1.45. The molecule has 0 bridgehead atoms. The van der Waals surface area contributed by atoms with Crippen molar-refractivity contribution in [3.05, 3.63) is 34.4 Å². The van der Waals surface area contributed by atoms with Crippen molar-refractivity contribution < 1.29 is 9.90 Å². The number of aromatic nitrogens is 1. The molecule has 0 aliphatic carbocycles. The van der Waals surface area contributed by atoms with E-state index in [1.54, 1.807) is 0 Å². The summed E-state index contributed by atoms with van der Waals surface area (Å²) >= 11 is 3.46. The van der Waals surface area contributed by atoms with E-state index in [1.165, 1.54) is 0 Å². The molecule has 0 spiro atoms. The minimum atomic E-state index is -0.157. The average molecular weight is 325 g/mol. The van der Waals surface area contributed by atoms with Gasteiger partial charge in [-0.05, 0) is 31.0 Å². The molecular weight excluding hydrogens is 308 g/mol. The van der Waals surface area contributed by atoms with Gasteiger partial charge in [-0.1, -0.05) is 28.9 Å². The number of carbonyl (C=O) groups excluding carboxylic acids is 1. The molecule has 2 atom stereocenters. The second-order valence-electron chi connectivity index (χ2n) is 4.81. The standard InChI is InChI=1S/C14H17BrN2O2/c1-8(7-18)9(2)16-14(19)13-6-10-11(15)4-3-5-12(10)17-13/h3-6,8-9,17-18H,7H2,1-2H3,(H,16,19). The third-order valence-corrected chi connectivity index (χ3v) is 4.05. The van der Waals surface area contributed by atoms with Gasteiger partial charge in [0.15, 0.2) is 0 Å². The second kappa shape index (κ2) is 5.75. The lowest BCUT2D eigenvalue weighted by Crippen LogP contribution is -2.38. The Labute approximate surface area is 120 Å². The van der Waals surface area contributed by atoms with E-state index >= 15 is 0 Å². The van der Waals surface area contributed by atoms with Crippen molar-refractivity contribution >= 4 is 32.7 Å². The fourth-order valence-electron chi connectivity index (χ4n) is 1.83. The fourth-order valence-corrected chi connectivity index (χ4v) is 2.31. The number of benzene rings is 1. The topological polar surface area (TPSA) is 65.1 Å². The minimum Gasteiger partial charge on any atom is -0.396 e. The van der Waals surface area contributed by atoms with Crippen molar-refractivity contribution in [2.24, 2.45) is 5.92 Å². The van der Waals surface area contributed by atoms with Crippen molar-refractivity contribution in [2.45, 2.75) is 19.9 Å². The Bertz CT molecular complexity index is 594. The van der Waals surface area contributed by atoms with E-state index in [1.807, 2.05) is 38.1 Å². The molecule has 5 heteroatoms. The predicted molar refractivity (Wildman–Crippen MR) is 79.2 cm³/mol. The van der Waals surface area contributed by atoms with Gasteiger partial charge in [0, 0.05) is 28.0 Å². The van der Waals surface area contributed by atoms with Gasteiger partial charge in [0.1, 0.15) is 5.69 Å². The van der Waals surface area contributed by atoms with E-state index in [0.29, 0.717) is 5.69 Å². The summed E-state index contributed by atoms with van der Waals surface area (Å²) < 4.78 is 0.956. The highest BCUT2D eigenvalue weighted by molar-refractivity contribution is 9.10. The third kappa shape index (κ3) is 2.98. The Morgan fingerprint density at radius 2 is 2.21 bits per heavy atom. The van der Waals surface area contributed by atoms with Crippen molar-refractivity contribution in [1.82, 2.24) is 10.3 Å². The summed E-state index contributed by atoms with van der Waals surface area (Å²) in [4.78, 5) is 15.2. The van der Waals surface area contributed by atoms with Gasteiger partial charge in [0.25, 0.3) is 5.91 Å². The Balaban J connectivity index is 2.20. The van der Waals surface area contributed by atoms with Gasteiger partial charge in [0.2, 0.25) is 0 Å². The number of aliphatic hydroxyl groups excluding tert-OH is 1. The Hall–Kier alpha value is -1.33. The zero-order valence-electron chi connectivity index (χ0n) is 10.9. The lowest BCUT2D eigenvalue weighted by molar-refractivity contribution is 0.0912. The maximum Gasteiger partial charge on any atom is 0.267 e. The van der Waals surface area contributed by atoms with E-state index in [0.717, 1.165) is 15.4 Å². The van der Waals surface area contributed by atoms with Gasteiger partial charge in [-0.2, -0.15) is 0 Å². The van der Waals surface area contributed by atoms with Crippen LogP contribution in [-0.2, 0) is 0 Å². The van der Waals surface area contributed by atoms with Crippen LogP contribution >= 0.6 is 15.9 Å². The van der Waals surface area contributed by atoms with Gasteiger partial charge in [-0.15, -0.1) is 0 Å². The van der Waals surface area contributed by atoms with E-state index in [-0.39, 0.29) is 24.5 Å². The molecule has 1 amide bonds. The molecule has 3 N–H and O–H groups in total. The summed E-state index contributed by atoms with van der Waals surface area (Å²) in [7, 11) is 0. The van der Waals surface area contributed by atoms with Crippen molar-refractivity contribution in [2.75, 3.05) is 6.61 Å². The predicted octanol–water partition coefficient (Wildman–Crippen LogP) is 2.68. The normalized spacial score (nSPS) is 14.3. The third-order valence-electron chi connectivity index (χ3n) is 3.36. The largest absolute Gasteiger partial charge is 0.396 e. The van der Waals surface area contributed by atoms with Crippen LogP contribution in [0.3, 0.4) is 0 Å². The zero-order valence-corrected chi connectivity index (χ0v) is 12.5. The number of nitrogens with one attached hydrogen (secondary N) is 2. The smallest absolute Gasteiger partial charge is 0.267 e. The van der Waals surface area contributed by atoms with E-state index in [2.05, 4.69) is 26.2 Å². The summed E-state index contributed by atoms with van der Waals surface area (Å²) in [6, 6.07) is 7.53. The molecule has 0 fully saturated rings. The number of aliphatic hydroxyl groups is 1. The Morgan fingerprint density at radius 1 is 1.47 bits per heavy atom. The van der Waals surface area contributed by atoms with Crippen LogP contribution in [0.15, 0.2) is 28.7 Å². The van der Waals surface area contributed by atoms with Crippen molar-refractivity contribution in [3.63, 3.8) is 0 Å². The SMILES string of the molecule is CC(CO)C(C)NC(=O)c1cc2c(Br)cccc2[nH]1. The van der Waals surface area contributed by atoms with Crippen LogP contribution in [0.2, 0.25) is 0 Å². The molecule has 2 aromatic rings. The number of hydrogen-bond donors (Lipinski definition) is 3. The molecule has 0 radical (unpaired) electrons. The molecule has 4 nitrogen and oxygen atoms in total. The number of amides is 1. The summed E-state index contributed by atoms with van der Waals surface area (Å²) in [6.45, 7) is 3.84. The molecule has 1 heterocycles. The first-order chi connectivity index (χ1) is 9.02. The van der Waals surface area contributed by atoms with Crippen LogP contribution in [0, 0.1) is 5.92 Å². The van der Waals surface area contributed by atoms with Crippen LogP contribution in [0.5, 0.6) is 0 Å². The summed E-state index contributed by atoms with van der Waals surface area (Å²) in [5.74, 6) is -0.129. The number of hydrogen-bond acceptors (Lipinski definition) is 2. The fraction of sp³-hybridized carbons (Fsp3) is 0.357. The maximum absolute atomic E-state index is 12.1. The molecule has 2 rings (SSSR count). The summed E-state index contributed by atoms with van der Waals surface area (Å²) in [6.07, 6.45) is 0. The first kappa shape index (κ1) is 14.1. The first-order valence-corrected chi connectivity index (χ1v) is 7.01. The monoisotopic (exact) mass is 324 g/mol. The quantitative estimate of drug-likeness (QED) is 0.809. The second-order valence-corrected chi connectivity index (χ2v) is 5.66. The van der Waals surface area contributed by atoms with E-state index < -0.39 is 0 Å². The lowest BCUT2D eigenvalue weighted by Gasteiger charge is -2.18. The van der Waals surface area contributed by atoms with Crippen molar-refractivity contribution in [1.29, 1.82) is 0 Å². The lowest BCUT2D eigenvalue weighted by atomic mass is 10.1. The number of carbonyl (C=O) groups is 1. The van der Waals surface area contributed by atoms with E-state index in [9.17, 15) is 4.79 Å². The molecule has 2 unspecified atom stereocenters. The van der Waals surface area contributed by atoms with E-state index in [4.69, 9.17) is 5.11 Å². The zero-order chi connectivity index (χ0) is 14.0. The highest BCUT2D eigenvalue weighted by Crippen LogP contribution is 2.24. The van der Waals surface area contributed by atoms with Gasteiger partial charge < -0.3 is 15.4 Å². The molecule has 102 valence electrons. The number of fused-ring (bicyclic) bond motifs is 1. The van der Waals surface area contributed by atoms with Crippen molar-refractivity contribution in [3.8, 4) is 0 Å². The number of H-pyrrole nitrogens is 1. The highest BCUT2D eigenvalue weighted by atomic mass is 79.9. The van der Waals surface area contributed by atoms with Gasteiger partial charge >= 0.3 is 0 Å². The molecule has 0 aliphatic heterocycles. The van der Waals surface area contributed by atoms with Crippen LogP contribution in [-0.4, -0.2) is 28.6 Å². The van der Waals surface area contributed by atoms with Gasteiger partial charge in [0.05, 0.1) is 0 Å².